The van der Waals surface area contributed by atoms with Crippen molar-refractivity contribution in [2.24, 2.45) is 0 Å². The first-order valence-electron chi connectivity index (χ1n) is 5.82. The SMILES string of the molecule is COCCN(CCO)Cc1noc(C(C)C)n1. The van der Waals surface area contributed by atoms with E-state index in [1.807, 2.05) is 18.7 Å². The highest BCUT2D eigenvalue weighted by molar-refractivity contribution is 4.90. The summed E-state index contributed by atoms with van der Waals surface area (Å²) in [5.41, 5.74) is 0. The maximum absolute atomic E-state index is 8.96. The zero-order valence-corrected chi connectivity index (χ0v) is 10.7. The van der Waals surface area contributed by atoms with E-state index in [9.17, 15) is 0 Å². The number of nitrogens with zero attached hydrogens (tertiary/aromatic N) is 3. The summed E-state index contributed by atoms with van der Waals surface area (Å²) in [5, 5.41) is 12.9. The van der Waals surface area contributed by atoms with Gasteiger partial charge in [0.15, 0.2) is 5.82 Å². The molecule has 0 fully saturated rings. The van der Waals surface area contributed by atoms with E-state index in [0.29, 0.717) is 31.4 Å². The van der Waals surface area contributed by atoms with E-state index >= 15 is 0 Å². The Balaban J connectivity index is 2.52. The highest BCUT2D eigenvalue weighted by atomic mass is 16.5. The van der Waals surface area contributed by atoms with Gasteiger partial charge in [-0.1, -0.05) is 19.0 Å². The van der Waals surface area contributed by atoms with Crippen molar-refractivity contribution in [3.63, 3.8) is 0 Å². The van der Waals surface area contributed by atoms with Crippen LogP contribution in [0.4, 0.5) is 0 Å². The number of methoxy groups -OCH3 is 1. The lowest BCUT2D eigenvalue weighted by atomic mass is 10.2. The molecule has 0 bridgehead atoms. The van der Waals surface area contributed by atoms with Gasteiger partial charge in [-0.25, -0.2) is 0 Å². The molecule has 17 heavy (non-hydrogen) atoms. The third-order valence-corrected chi connectivity index (χ3v) is 2.37. The molecule has 0 radical (unpaired) electrons. The molecule has 0 saturated heterocycles. The molecule has 0 spiro atoms. The highest BCUT2D eigenvalue weighted by Gasteiger charge is 2.13. The molecule has 6 heteroatoms. The van der Waals surface area contributed by atoms with Crippen molar-refractivity contribution >= 4 is 0 Å². The molecule has 1 aromatic heterocycles. The molecule has 0 unspecified atom stereocenters. The molecule has 1 heterocycles. The fourth-order valence-corrected chi connectivity index (χ4v) is 1.40. The van der Waals surface area contributed by atoms with Crippen LogP contribution in [0.15, 0.2) is 4.52 Å². The molecular formula is C11H21N3O3. The minimum atomic E-state index is 0.110. The summed E-state index contributed by atoms with van der Waals surface area (Å²) in [6.07, 6.45) is 0. The minimum Gasteiger partial charge on any atom is -0.395 e. The lowest BCUT2D eigenvalue weighted by Gasteiger charge is -2.18. The minimum absolute atomic E-state index is 0.110. The van der Waals surface area contributed by atoms with Crippen LogP contribution in [0.25, 0.3) is 0 Å². The van der Waals surface area contributed by atoms with E-state index in [4.69, 9.17) is 14.4 Å². The zero-order chi connectivity index (χ0) is 12.7. The van der Waals surface area contributed by atoms with Gasteiger partial charge in [0.05, 0.1) is 19.8 Å². The van der Waals surface area contributed by atoms with Crippen LogP contribution in [0, 0.1) is 0 Å². The van der Waals surface area contributed by atoms with Gasteiger partial charge >= 0.3 is 0 Å². The standard InChI is InChI=1S/C11H21N3O3/c1-9(2)11-12-10(13-17-11)8-14(4-6-15)5-7-16-3/h9,15H,4-8H2,1-3H3. The number of rotatable bonds is 8. The predicted molar refractivity (Wildman–Crippen MR) is 62.6 cm³/mol. The van der Waals surface area contributed by atoms with Crippen LogP contribution in [0.5, 0.6) is 0 Å². The first-order valence-corrected chi connectivity index (χ1v) is 5.82. The molecule has 98 valence electrons. The van der Waals surface area contributed by atoms with Crippen molar-refractivity contribution in [2.75, 3.05) is 33.4 Å². The molecule has 0 saturated carbocycles. The van der Waals surface area contributed by atoms with Gasteiger partial charge < -0.3 is 14.4 Å². The van der Waals surface area contributed by atoms with Gasteiger partial charge in [0.25, 0.3) is 0 Å². The van der Waals surface area contributed by atoms with Crippen molar-refractivity contribution in [3.05, 3.63) is 11.7 Å². The number of aliphatic hydroxyl groups excluding tert-OH is 1. The average Bonchev–Trinajstić information content (AvgIpc) is 2.75. The van der Waals surface area contributed by atoms with Crippen LogP contribution >= 0.6 is 0 Å². The summed E-state index contributed by atoms with van der Waals surface area (Å²) in [6.45, 7) is 6.63. The van der Waals surface area contributed by atoms with E-state index in [-0.39, 0.29) is 12.5 Å². The predicted octanol–water partition coefficient (Wildman–Crippen LogP) is 0.634. The molecule has 6 nitrogen and oxygen atoms in total. The van der Waals surface area contributed by atoms with Crippen LogP contribution in [0.1, 0.15) is 31.5 Å². The lowest BCUT2D eigenvalue weighted by molar-refractivity contribution is 0.124. The highest BCUT2D eigenvalue weighted by Crippen LogP contribution is 2.11. The summed E-state index contributed by atoms with van der Waals surface area (Å²) in [5.74, 6) is 1.54. The van der Waals surface area contributed by atoms with Crippen LogP contribution in [0.3, 0.4) is 0 Å². The molecule has 0 aliphatic rings. The quantitative estimate of drug-likeness (QED) is 0.722. The summed E-state index contributed by atoms with van der Waals surface area (Å²) < 4.78 is 10.1. The third kappa shape index (κ3) is 4.80. The normalized spacial score (nSPS) is 11.6. The molecule has 0 aliphatic heterocycles. The third-order valence-electron chi connectivity index (χ3n) is 2.37. The Bertz CT molecular complexity index is 315. The Morgan fingerprint density at radius 1 is 1.41 bits per heavy atom. The Morgan fingerprint density at radius 2 is 2.18 bits per heavy atom. The van der Waals surface area contributed by atoms with E-state index in [0.717, 1.165) is 6.54 Å². The zero-order valence-electron chi connectivity index (χ0n) is 10.7. The number of aromatic nitrogens is 2. The maximum Gasteiger partial charge on any atom is 0.229 e. The largest absolute Gasteiger partial charge is 0.395 e. The first kappa shape index (κ1) is 14.1. The number of hydrogen-bond acceptors (Lipinski definition) is 6. The van der Waals surface area contributed by atoms with E-state index in [2.05, 4.69) is 10.1 Å². The van der Waals surface area contributed by atoms with Gasteiger partial charge in [-0.05, 0) is 0 Å². The van der Waals surface area contributed by atoms with Gasteiger partial charge in [-0.15, -0.1) is 0 Å². The summed E-state index contributed by atoms with van der Waals surface area (Å²) in [4.78, 5) is 6.32. The molecule has 0 aliphatic carbocycles. The molecule has 0 atom stereocenters. The number of ether oxygens (including phenoxy) is 1. The van der Waals surface area contributed by atoms with Gasteiger partial charge in [0.1, 0.15) is 0 Å². The molecular weight excluding hydrogens is 222 g/mol. The maximum atomic E-state index is 8.96. The second-order valence-corrected chi connectivity index (χ2v) is 4.20. The Kier molecular flexibility index (Phi) is 6.10. The van der Waals surface area contributed by atoms with E-state index in [1.54, 1.807) is 7.11 Å². The molecule has 0 aromatic carbocycles. The summed E-state index contributed by atoms with van der Waals surface area (Å²) >= 11 is 0. The second kappa shape index (κ2) is 7.37. The lowest BCUT2D eigenvalue weighted by Crippen LogP contribution is -2.30. The Morgan fingerprint density at radius 3 is 2.71 bits per heavy atom. The van der Waals surface area contributed by atoms with Crippen molar-refractivity contribution in [1.29, 1.82) is 0 Å². The van der Waals surface area contributed by atoms with Crippen molar-refractivity contribution in [1.82, 2.24) is 15.0 Å². The Hall–Kier alpha value is -0.980. The van der Waals surface area contributed by atoms with Crippen LogP contribution < -0.4 is 0 Å². The second-order valence-electron chi connectivity index (χ2n) is 4.20. The number of hydrogen-bond donors (Lipinski definition) is 1. The van der Waals surface area contributed by atoms with Crippen LogP contribution in [-0.2, 0) is 11.3 Å². The van der Waals surface area contributed by atoms with Gasteiger partial charge in [-0.2, -0.15) is 4.98 Å². The summed E-state index contributed by atoms with van der Waals surface area (Å²) in [6, 6.07) is 0. The monoisotopic (exact) mass is 243 g/mol. The van der Waals surface area contributed by atoms with E-state index < -0.39 is 0 Å². The average molecular weight is 243 g/mol. The topological polar surface area (TPSA) is 71.6 Å². The number of aliphatic hydroxyl groups is 1. The van der Waals surface area contributed by atoms with Crippen molar-refractivity contribution in [3.8, 4) is 0 Å². The molecule has 1 N–H and O–H groups in total. The van der Waals surface area contributed by atoms with Crippen molar-refractivity contribution < 1.29 is 14.4 Å². The molecule has 1 aromatic rings. The van der Waals surface area contributed by atoms with Crippen molar-refractivity contribution in [2.45, 2.75) is 26.3 Å². The van der Waals surface area contributed by atoms with Crippen LogP contribution in [0.2, 0.25) is 0 Å². The van der Waals surface area contributed by atoms with Crippen LogP contribution in [-0.4, -0.2) is 53.6 Å². The van der Waals surface area contributed by atoms with Gasteiger partial charge in [-0.3, -0.25) is 4.90 Å². The van der Waals surface area contributed by atoms with Gasteiger partial charge in [0.2, 0.25) is 5.89 Å². The Labute approximate surface area is 102 Å². The van der Waals surface area contributed by atoms with E-state index in [1.165, 1.54) is 0 Å². The molecule has 0 amide bonds. The van der Waals surface area contributed by atoms with Gasteiger partial charge in [0, 0.05) is 26.1 Å². The smallest absolute Gasteiger partial charge is 0.229 e. The summed E-state index contributed by atoms with van der Waals surface area (Å²) in [7, 11) is 1.66. The first-order chi connectivity index (χ1) is 8.17. The molecule has 1 rings (SSSR count). The fraction of sp³-hybridized carbons (Fsp3) is 0.818. The fourth-order valence-electron chi connectivity index (χ4n) is 1.40.